The molecule has 0 aliphatic carbocycles. The van der Waals surface area contributed by atoms with Gasteiger partial charge in [0.25, 0.3) is 0 Å². The van der Waals surface area contributed by atoms with Gasteiger partial charge in [0.2, 0.25) is 0 Å². The summed E-state index contributed by atoms with van der Waals surface area (Å²) < 4.78 is 54.1. The Morgan fingerprint density at radius 1 is 0.970 bits per heavy atom. The molecule has 1 radical (unpaired) electrons. The van der Waals surface area contributed by atoms with Crippen LogP contribution in [0.3, 0.4) is 0 Å². The Morgan fingerprint density at radius 2 is 1.58 bits per heavy atom. The van der Waals surface area contributed by atoms with Gasteiger partial charge >= 0.3 is 0 Å². The standard InChI is InChI=1S/C12H9F2N2.C10H10F2N4.Ir/c1-8-7-10(13)15-12(14)11(8)9-5-3-4-6-16(9)2;1-6-4-8(11)14-10(12)9(6)16-7(2)15(3)5-13-16;/h3-7H,1-2H2;4-5,7H,1-2H2,3H3;/q-1;-2;. The number of nitrogens with zero attached hydrogens (tertiary/aromatic N) is 6. The van der Waals surface area contributed by atoms with E-state index in [1.165, 1.54) is 15.9 Å². The zero-order chi connectivity index (χ0) is 23.6. The summed E-state index contributed by atoms with van der Waals surface area (Å²) in [5.41, 5.74) is 1.14. The van der Waals surface area contributed by atoms with Crippen molar-refractivity contribution in [1.82, 2.24) is 14.9 Å². The molecule has 177 valence electrons. The molecule has 6 nitrogen and oxygen atoms in total. The van der Waals surface area contributed by atoms with Crippen molar-refractivity contribution in [3.63, 3.8) is 0 Å². The van der Waals surface area contributed by atoms with E-state index in [-0.39, 0.29) is 42.5 Å². The third-order valence-electron chi connectivity index (χ3n) is 4.56. The molecule has 4 heterocycles. The molecule has 0 saturated carbocycles. The fourth-order valence-corrected chi connectivity index (χ4v) is 2.94. The first-order valence-corrected chi connectivity index (χ1v) is 9.16. The number of hydrazone groups is 1. The smallest absolute Gasteiger partial charge is 0.183 e. The molecule has 0 bridgehead atoms. The Balaban J connectivity index is 0.000000227. The second-order valence-electron chi connectivity index (χ2n) is 6.79. The van der Waals surface area contributed by atoms with Crippen molar-refractivity contribution < 1.29 is 42.2 Å². The van der Waals surface area contributed by atoms with Crippen LogP contribution in [0.2, 0.25) is 0 Å². The van der Waals surface area contributed by atoms with Gasteiger partial charge in [-0.2, -0.15) is 43.2 Å². The SMILES string of the molecule is [CH2-]c1cc(F)nc(F)c1-c1cccc[n+]1[CH2-].[CH2-]c1cc(F)nc(F)c1N1N=CN(C)C1[CH2-].[Ir]. The molecular formula is C22H19F4IrN6-3. The summed E-state index contributed by atoms with van der Waals surface area (Å²) in [5, 5.41) is 5.26. The van der Waals surface area contributed by atoms with Crippen LogP contribution in [0.15, 0.2) is 41.6 Å². The summed E-state index contributed by atoms with van der Waals surface area (Å²) in [7, 11) is 5.45. The molecule has 3 aromatic heterocycles. The van der Waals surface area contributed by atoms with E-state index in [1.54, 1.807) is 36.3 Å². The summed E-state index contributed by atoms with van der Waals surface area (Å²) in [6, 6.07) is 7.30. The molecule has 11 heteroatoms. The van der Waals surface area contributed by atoms with Crippen LogP contribution in [-0.2, 0) is 20.1 Å². The number of pyridine rings is 3. The quantitative estimate of drug-likeness (QED) is 0.187. The van der Waals surface area contributed by atoms with Crippen molar-refractivity contribution in [2.24, 2.45) is 5.10 Å². The van der Waals surface area contributed by atoms with Crippen molar-refractivity contribution in [3.8, 4) is 11.3 Å². The van der Waals surface area contributed by atoms with Gasteiger partial charge in [0.05, 0.1) is 11.9 Å². The Kier molecular flexibility index (Phi) is 8.29. The average molecular weight is 636 g/mol. The van der Waals surface area contributed by atoms with Crippen LogP contribution in [0.5, 0.6) is 0 Å². The fraction of sp³-hybridized carbons (Fsp3) is 0.0909. The first-order valence-electron chi connectivity index (χ1n) is 9.16. The van der Waals surface area contributed by atoms with Gasteiger partial charge < -0.3 is 21.4 Å². The molecule has 1 atom stereocenters. The maximum Gasteiger partial charge on any atom is 0.183 e. The van der Waals surface area contributed by atoms with Gasteiger partial charge in [-0.1, -0.05) is 23.8 Å². The van der Waals surface area contributed by atoms with Crippen molar-refractivity contribution >= 4 is 12.0 Å². The largest absolute Gasteiger partial charge is 0.372 e. The van der Waals surface area contributed by atoms with Gasteiger partial charge in [0.15, 0.2) is 23.8 Å². The Hall–Kier alpha value is -3.30. The number of rotatable bonds is 2. The molecule has 0 aromatic carbocycles. The fourth-order valence-electron chi connectivity index (χ4n) is 2.94. The van der Waals surface area contributed by atoms with E-state index in [1.807, 2.05) is 0 Å². The third-order valence-corrected chi connectivity index (χ3v) is 4.56. The Bertz CT molecular complexity index is 1130. The molecule has 0 fully saturated rings. The summed E-state index contributed by atoms with van der Waals surface area (Å²) in [4.78, 5) is 7.92. The van der Waals surface area contributed by atoms with Crippen molar-refractivity contribution in [2.75, 3.05) is 12.1 Å². The summed E-state index contributed by atoms with van der Waals surface area (Å²) in [6.45, 7) is 11.0. The van der Waals surface area contributed by atoms with Gasteiger partial charge in [0, 0.05) is 39.9 Å². The predicted molar refractivity (Wildman–Crippen MR) is 111 cm³/mol. The first-order chi connectivity index (χ1) is 15.1. The van der Waals surface area contributed by atoms with Crippen molar-refractivity contribution in [1.29, 1.82) is 0 Å². The second kappa shape index (κ2) is 10.5. The molecule has 1 unspecified atom stereocenters. The van der Waals surface area contributed by atoms with Crippen LogP contribution in [0.4, 0.5) is 23.2 Å². The van der Waals surface area contributed by atoms with E-state index in [2.05, 4.69) is 42.9 Å². The van der Waals surface area contributed by atoms with Crippen LogP contribution < -0.4 is 9.58 Å². The number of hydrogen-bond acceptors (Lipinski definition) is 5. The maximum atomic E-state index is 13.5. The zero-order valence-electron chi connectivity index (χ0n) is 17.5. The molecule has 1 aliphatic heterocycles. The van der Waals surface area contributed by atoms with E-state index in [0.717, 1.165) is 12.1 Å². The number of aromatic nitrogens is 3. The van der Waals surface area contributed by atoms with Gasteiger partial charge in [-0.25, -0.2) is 14.4 Å². The van der Waals surface area contributed by atoms with E-state index < -0.39 is 30.0 Å². The number of halogens is 4. The summed E-state index contributed by atoms with van der Waals surface area (Å²) >= 11 is 0. The van der Waals surface area contributed by atoms with Gasteiger partial charge in [-0.3, -0.25) is 0 Å². The number of hydrogen-bond donors (Lipinski definition) is 0. The molecule has 0 amide bonds. The summed E-state index contributed by atoms with van der Waals surface area (Å²) in [5.74, 6) is -3.60. The third kappa shape index (κ3) is 5.55. The molecule has 0 N–H and O–H groups in total. The van der Waals surface area contributed by atoms with Crippen LogP contribution in [0, 0.1) is 51.6 Å². The first kappa shape index (κ1) is 26.0. The second-order valence-corrected chi connectivity index (χ2v) is 6.79. The minimum absolute atomic E-state index is 0. The average Bonchev–Trinajstić information content (AvgIpc) is 3.01. The number of anilines is 1. The molecule has 0 saturated heterocycles. The summed E-state index contributed by atoms with van der Waals surface area (Å²) in [6.07, 6.45) is 2.76. The molecule has 33 heavy (non-hydrogen) atoms. The minimum atomic E-state index is -0.939. The van der Waals surface area contributed by atoms with Crippen molar-refractivity contribution in [3.05, 3.63) is 99.3 Å². The Morgan fingerprint density at radius 3 is 2.09 bits per heavy atom. The predicted octanol–water partition coefficient (Wildman–Crippen LogP) is 3.53. The van der Waals surface area contributed by atoms with Gasteiger partial charge in [-0.05, 0) is 6.17 Å². The molecule has 0 spiro atoms. The van der Waals surface area contributed by atoms with Crippen molar-refractivity contribution in [2.45, 2.75) is 6.17 Å². The maximum absolute atomic E-state index is 13.5. The van der Waals surface area contributed by atoms with Crippen LogP contribution >= 0.6 is 0 Å². The van der Waals surface area contributed by atoms with E-state index in [0.29, 0.717) is 5.69 Å². The Labute approximate surface area is 202 Å². The molecule has 4 rings (SSSR count). The van der Waals surface area contributed by atoms with Crippen LogP contribution in [-0.4, -0.2) is 34.4 Å². The van der Waals surface area contributed by atoms with Crippen LogP contribution in [0.1, 0.15) is 11.1 Å². The molecule has 1 aliphatic rings. The van der Waals surface area contributed by atoms with E-state index in [9.17, 15) is 17.6 Å². The minimum Gasteiger partial charge on any atom is -0.372 e. The molecular weight excluding hydrogens is 616 g/mol. The van der Waals surface area contributed by atoms with Gasteiger partial charge in [0.1, 0.15) is 6.34 Å². The van der Waals surface area contributed by atoms with Crippen LogP contribution in [0.25, 0.3) is 11.3 Å². The molecule has 3 aromatic rings. The van der Waals surface area contributed by atoms with E-state index >= 15 is 0 Å². The topological polar surface area (TPSA) is 48.5 Å². The van der Waals surface area contributed by atoms with E-state index in [4.69, 9.17) is 0 Å². The zero-order valence-corrected chi connectivity index (χ0v) is 19.9. The monoisotopic (exact) mass is 636 g/mol. The normalized spacial score (nSPS) is 14.5. The van der Waals surface area contributed by atoms with Gasteiger partial charge in [-0.15, -0.1) is 12.1 Å².